The Labute approximate surface area is 236 Å². The molecule has 0 fully saturated rings. The summed E-state index contributed by atoms with van der Waals surface area (Å²) >= 11 is 0. The number of rotatable bonds is 34. The van der Waals surface area contributed by atoms with Gasteiger partial charge in [0.2, 0.25) is 0 Å². The number of hydrogen-bond acceptors (Lipinski definition) is 11. The quantitative estimate of drug-likeness (QED) is 0.0844. The Morgan fingerprint density at radius 2 is 0.667 bits per heavy atom. The third kappa shape index (κ3) is 35.1. The van der Waals surface area contributed by atoms with Crippen molar-refractivity contribution >= 4 is 5.97 Å². The second-order valence-corrected chi connectivity index (χ2v) is 8.54. The van der Waals surface area contributed by atoms with Crippen LogP contribution in [0.2, 0.25) is 0 Å². The molecule has 0 radical (unpaired) electrons. The first-order valence-corrected chi connectivity index (χ1v) is 14.7. The fourth-order valence-corrected chi connectivity index (χ4v) is 2.98. The van der Waals surface area contributed by atoms with Gasteiger partial charge in [0.05, 0.1) is 112 Å². The van der Waals surface area contributed by atoms with E-state index in [2.05, 4.69) is 6.92 Å². The Hall–Kier alpha value is -0.890. The second kappa shape index (κ2) is 35.1. The van der Waals surface area contributed by atoms with Gasteiger partial charge in [-0.05, 0) is 12.8 Å². The average molecular weight is 569 g/mol. The Morgan fingerprint density at radius 1 is 0.359 bits per heavy atom. The molecular weight excluding hydrogens is 512 g/mol. The highest BCUT2D eigenvalue weighted by molar-refractivity contribution is 5.69. The SMILES string of the molecule is CCCCCCOCCOCCOCCOCCOCCOCCOCCOCCOCCOC(=O)CCC. The minimum atomic E-state index is -0.184. The largest absolute Gasteiger partial charge is 0.463 e. The molecule has 0 aliphatic heterocycles. The number of ether oxygens (including phenoxy) is 10. The van der Waals surface area contributed by atoms with E-state index < -0.39 is 0 Å². The first kappa shape index (κ1) is 38.1. The summed E-state index contributed by atoms with van der Waals surface area (Å²) in [6.45, 7) is 14.1. The third-order valence-electron chi connectivity index (χ3n) is 5.06. The van der Waals surface area contributed by atoms with Crippen LogP contribution in [0.4, 0.5) is 0 Å². The van der Waals surface area contributed by atoms with E-state index >= 15 is 0 Å². The van der Waals surface area contributed by atoms with Crippen LogP contribution in [0.25, 0.3) is 0 Å². The zero-order valence-corrected chi connectivity index (χ0v) is 24.7. The molecule has 0 N–H and O–H groups in total. The minimum absolute atomic E-state index is 0.184. The average Bonchev–Trinajstić information content (AvgIpc) is 2.94. The van der Waals surface area contributed by atoms with Crippen molar-refractivity contribution in [3.8, 4) is 0 Å². The van der Waals surface area contributed by atoms with Crippen molar-refractivity contribution in [2.45, 2.75) is 52.4 Å². The lowest BCUT2D eigenvalue weighted by molar-refractivity contribution is -0.145. The zero-order chi connectivity index (χ0) is 28.3. The van der Waals surface area contributed by atoms with Crippen LogP contribution in [0.3, 0.4) is 0 Å². The number of hydrogen-bond donors (Lipinski definition) is 0. The Bertz CT molecular complexity index is 469. The molecule has 0 amide bonds. The van der Waals surface area contributed by atoms with Crippen LogP contribution in [0, 0.1) is 0 Å². The molecule has 234 valence electrons. The van der Waals surface area contributed by atoms with Gasteiger partial charge in [0, 0.05) is 13.0 Å². The van der Waals surface area contributed by atoms with E-state index in [4.69, 9.17) is 47.4 Å². The topological polar surface area (TPSA) is 109 Å². The van der Waals surface area contributed by atoms with Gasteiger partial charge in [-0.2, -0.15) is 0 Å². The van der Waals surface area contributed by atoms with E-state index in [0.717, 1.165) is 19.4 Å². The van der Waals surface area contributed by atoms with Crippen LogP contribution in [0.5, 0.6) is 0 Å². The zero-order valence-electron chi connectivity index (χ0n) is 24.7. The van der Waals surface area contributed by atoms with E-state index in [-0.39, 0.29) is 12.6 Å². The van der Waals surface area contributed by atoms with Gasteiger partial charge in [-0.1, -0.05) is 33.1 Å². The highest BCUT2D eigenvalue weighted by Crippen LogP contribution is 1.98. The smallest absolute Gasteiger partial charge is 0.305 e. The Kier molecular flexibility index (Phi) is 34.3. The van der Waals surface area contributed by atoms with Crippen molar-refractivity contribution in [1.82, 2.24) is 0 Å². The van der Waals surface area contributed by atoms with Gasteiger partial charge < -0.3 is 47.4 Å². The maximum absolute atomic E-state index is 11.2. The normalized spacial score (nSPS) is 11.3. The minimum Gasteiger partial charge on any atom is -0.463 e. The van der Waals surface area contributed by atoms with Crippen LogP contribution in [0.15, 0.2) is 0 Å². The van der Waals surface area contributed by atoms with Crippen molar-refractivity contribution in [2.24, 2.45) is 0 Å². The number of carbonyl (C=O) groups excluding carboxylic acids is 1. The molecule has 0 bridgehead atoms. The molecule has 0 saturated heterocycles. The standard InChI is InChI=1S/C28H56O11/c1-3-5-6-7-9-30-10-11-31-12-13-32-14-15-33-16-17-34-18-19-35-20-21-36-22-23-37-24-25-38-26-27-39-28(29)8-4-2/h3-27H2,1-2H3. The molecule has 0 atom stereocenters. The summed E-state index contributed by atoms with van der Waals surface area (Å²) in [5, 5.41) is 0. The molecule has 0 aliphatic rings. The third-order valence-corrected chi connectivity index (χ3v) is 5.06. The van der Waals surface area contributed by atoms with E-state index in [1.807, 2.05) is 6.92 Å². The summed E-state index contributed by atoms with van der Waals surface area (Å²) in [7, 11) is 0. The van der Waals surface area contributed by atoms with Crippen molar-refractivity contribution in [2.75, 3.05) is 126 Å². The molecule has 0 unspecified atom stereocenters. The molecule has 0 aromatic carbocycles. The van der Waals surface area contributed by atoms with E-state index in [1.165, 1.54) is 19.3 Å². The van der Waals surface area contributed by atoms with Gasteiger partial charge in [0.15, 0.2) is 0 Å². The monoisotopic (exact) mass is 568 g/mol. The second-order valence-electron chi connectivity index (χ2n) is 8.54. The number of carbonyl (C=O) groups is 1. The molecule has 39 heavy (non-hydrogen) atoms. The summed E-state index contributed by atoms with van der Waals surface area (Å²) in [4.78, 5) is 11.2. The maximum atomic E-state index is 11.2. The van der Waals surface area contributed by atoms with Crippen molar-refractivity contribution < 1.29 is 52.2 Å². The Balaban J connectivity index is 3.04. The van der Waals surface area contributed by atoms with E-state index in [0.29, 0.717) is 119 Å². The summed E-state index contributed by atoms with van der Waals surface area (Å²) in [6.07, 6.45) is 6.13. The van der Waals surface area contributed by atoms with Crippen molar-refractivity contribution in [3.63, 3.8) is 0 Å². The summed E-state index contributed by atoms with van der Waals surface area (Å²) in [5.41, 5.74) is 0. The van der Waals surface area contributed by atoms with Gasteiger partial charge >= 0.3 is 5.97 Å². The highest BCUT2D eigenvalue weighted by atomic mass is 16.6. The first-order valence-electron chi connectivity index (χ1n) is 14.7. The van der Waals surface area contributed by atoms with Crippen LogP contribution in [0.1, 0.15) is 52.4 Å². The molecule has 11 heteroatoms. The van der Waals surface area contributed by atoms with Crippen LogP contribution >= 0.6 is 0 Å². The van der Waals surface area contributed by atoms with Gasteiger partial charge in [-0.3, -0.25) is 4.79 Å². The molecule has 0 aromatic rings. The first-order chi connectivity index (χ1) is 19.3. The highest BCUT2D eigenvalue weighted by Gasteiger charge is 2.00. The predicted octanol–water partition coefficient (Wildman–Crippen LogP) is 3.06. The lowest BCUT2D eigenvalue weighted by atomic mass is 10.2. The molecule has 0 aromatic heterocycles. The fourth-order valence-electron chi connectivity index (χ4n) is 2.98. The molecular formula is C28H56O11. The molecule has 0 heterocycles. The maximum Gasteiger partial charge on any atom is 0.305 e. The van der Waals surface area contributed by atoms with Gasteiger partial charge in [0.25, 0.3) is 0 Å². The van der Waals surface area contributed by atoms with Gasteiger partial charge in [-0.15, -0.1) is 0 Å². The van der Waals surface area contributed by atoms with Crippen LogP contribution in [-0.2, 0) is 52.2 Å². The molecule has 0 spiro atoms. The lowest BCUT2D eigenvalue weighted by Gasteiger charge is -2.09. The van der Waals surface area contributed by atoms with Crippen LogP contribution in [-0.4, -0.2) is 132 Å². The molecule has 0 saturated carbocycles. The fraction of sp³-hybridized carbons (Fsp3) is 0.964. The van der Waals surface area contributed by atoms with Gasteiger partial charge in [-0.25, -0.2) is 0 Å². The predicted molar refractivity (Wildman–Crippen MR) is 147 cm³/mol. The summed E-state index contributed by atoms with van der Waals surface area (Å²) in [6, 6.07) is 0. The van der Waals surface area contributed by atoms with Crippen molar-refractivity contribution in [1.29, 1.82) is 0 Å². The number of unbranched alkanes of at least 4 members (excludes halogenated alkanes) is 3. The summed E-state index contributed by atoms with van der Waals surface area (Å²) < 4.78 is 54.0. The Morgan fingerprint density at radius 3 is 0.974 bits per heavy atom. The molecule has 0 aliphatic carbocycles. The number of esters is 1. The van der Waals surface area contributed by atoms with E-state index in [1.54, 1.807) is 0 Å². The van der Waals surface area contributed by atoms with Gasteiger partial charge in [0.1, 0.15) is 6.61 Å². The van der Waals surface area contributed by atoms with Crippen molar-refractivity contribution in [3.05, 3.63) is 0 Å². The lowest BCUT2D eigenvalue weighted by Crippen LogP contribution is -2.15. The summed E-state index contributed by atoms with van der Waals surface area (Å²) in [5.74, 6) is -0.184. The van der Waals surface area contributed by atoms with Crippen LogP contribution < -0.4 is 0 Å². The molecule has 11 nitrogen and oxygen atoms in total. The van der Waals surface area contributed by atoms with E-state index in [9.17, 15) is 4.79 Å². The molecule has 0 rings (SSSR count).